The Morgan fingerprint density at radius 1 is 0.892 bits per heavy atom. The van der Waals surface area contributed by atoms with Crippen LogP contribution in [0.25, 0.3) is 0 Å². The molecule has 0 unspecified atom stereocenters. The lowest BCUT2D eigenvalue weighted by Crippen LogP contribution is -2.40. The molecule has 0 radical (unpaired) electrons. The van der Waals surface area contributed by atoms with E-state index in [-0.39, 0.29) is 22.5 Å². The van der Waals surface area contributed by atoms with E-state index in [9.17, 15) is 18.0 Å². The van der Waals surface area contributed by atoms with Gasteiger partial charge in [0.05, 0.1) is 4.90 Å². The monoisotopic (exact) mass is 536 g/mol. The Morgan fingerprint density at radius 3 is 2.27 bits per heavy atom. The van der Waals surface area contributed by atoms with Gasteiger partial charge in [-0.15, -0.1) is 11.3 Å². The number of sulfonamides is 1. The molecule has 1 aromatic heterocycles. The SMILES string of the molecule is O=C(Nc1ccc(S(=O)(=O)Nc2nccs2)cc1)c1ccc(NC(=O)[C@@H]2COc3ccccc3O2)cc1. The van der Waals surface area contributed by atoms with Gasteiger partial charge in [-0.1, -0.05) is 12.1 Å². The summed E-state index contributed by atoms with van der Waals surface area (Å²) in [6.07, 6.45) is 0.697. The van der Waals surface area contributed by atoms with Crippen molar-refractivity contribution < 1.29 is 27.5 Å². The Balaban J connectivity index is 1.17. The number of thiazole rings is 1. The molecule has 5 rings (SSSR count). The highest BCUT2D eigenvalue weighted by Gasteiger charge is 2.27. The lowest BCUT2D eigenvalue weighted by atomic mass is 10.2. The molecule has 0 fully saturated rings. The van der Waals surface area contributed by atoms with E-state index < -0.39 is 22.0 Å². The molecule has 1 aliphatic heterocycles. The lowest BCUT2D eigenvalue weighted by molar-refractivity contribution is -0.125. The number of amides is 2. The second-order valence-corrected chi connectivity index (χ2v) is 10.4. The number of hydrogen-bond acceptors (Lipinski definition) is 8. The molecule has 2 amide bonds. The molecule has 10 nitrogen and oxygen atoms in total. The number of anilines is 3. The molecular weight excluding hydrogens is 516 g/mol. The van der Waals surface area contributed by atoms with Crippen LogP contribution in [0.4, 0.5) is 16.5 Å². The van der Waals surface area contributed by atoms with Gasteiger partial charge in [0.25, 0.3) is 21.8 Å². The van der Waals surface area contributed by atoms with Crippen LogP contribution in [-0.2, 0) is 14.8 Å². The minimum atomic E-state index is -3.78. The van der Waals surface area contributed by atoms with Crippen LogP contribution < -0.4 is 24.8 Å². The maximum Gasteiger partial charge on any atom is 0.269 e. The van der Waals surface area contributed by atoms with E-state index >= 15 is 0 Å². The van der Waals surface area contributed by atoms with Crippen LogP contribution in [0, 0.1) is 0 Å². The summed E-state index contributed by atoms with van der Waals surface area (Å²) in [6, 6.07) is 19.2. The molecule has 3 N–H and O–H groups in total. The maximum atomic E-state index is 12.6. The van der Waals surface area contributed by atoms with Gasteiger partial charge < -0.3 is 20.1 Å². The summed E-state index contributed by atoms with van der Waals surface area (Å²) < 4.78 is 38.6. The van der Waals surface area contributed by atoms with Crippen molar-refractivity contribution in [1.29, 1.82) is 0 Å². The minimum Gasteiger partial charge on any atom is -0.485 e. The first-order valence-electron chi connectivity index (χ1n) is 11.0. The van der Waals surface area contributed by atoms with Crippen molar-refractivity contribution >= 4 is 49.7 Å². The summed E-state index contributed by atoms with van der Waals surface area (Å²) in [5.41, 5.74) is 1.27. The van der Waals surface area contributed by atoms with Crippen molar-refractivity contribution in [1.82, 2.24) is 4.98 Å². The largest absolute Gasteiger partial charge is 0.485 e. The minimum absolute atomic E-state index is 0.0385. The van der Waals surface area contributed by atoms with E-state index in [0.29, 0.717) is 28.4 Å². The smallest absolute Gasteiger partial charge is 0.269 e. The van der Waals surface area contributed by atoms with Crippen LogP contribution in [0.2, 0.25) is 0 Å². The molecular formula is C25H20N4O6S2. The summed E-state index contributed by atoms with van der Waals surface area (Å²) in [7, 11) is -3.78. The van der Waals surface area contributed by atoms with Crippen LogP contribution in [0.15, 0.2) is 89.3 Å². The number of carbonyl (C=O) groups excluding carboxylic acids is 2. The van der Waals surface area contributed by atoms with Gasteiger partial charge in [-0.05, 0) is 60.7 Å². The van der Waals surface area contributed by atoms with Crippen molar-refractivity contribution in [3.8, 4) is 11.5 Å². The van der Waals surface area contributed by atoms with Crippen LogP contribution in [0.5, 0.6) is 11.5 Å². The van der Waals surface area contributed by atoms with E-state index in [0.717, 1.165) is 0 Å². The molecule has 188 valence electrons. The van der Waals surface area contributed by atoms with Crippen molar-refractivity contribution in [3.63, 3.8) is 0 Å². The zero-order valence-corrected chi connectivity index (χ0v) is 20.7. The fraction of sp³-hybridized carbons (Fsp3) is 0.0800. The molecule has 37 heavy (non-hydrogen) atoms. The van der Waals surface area contributed by atoms with Crippen LogP contribution in [-0.4, -0.2) is 37.9 Å². The third kappa shape index (κ3) is 5.71. The average molecular weight is 537 g/mol. The fourth-order valence-corrected chi connectivity index (χ4v) is 5.23. The number of ether oxygens (including phenoxy) is 2. The van der Waals surface area contributed by atoms with E-state index in [1.165, 1.54) is 41.8 Å². The lowest BCUT2D eigenvalue weighted by Gasteiger charge is -2.25. The Labute approximate surface area is 216 Å². The van der Waals surface area contributed by atoms with Crippen molar-refractivity contribution in [2.75, 3.05) is 22.0 Å². The van der Waals surface area contributed by atoms with Gasteiger partial charge >= 0.3 is 0 Å². The number of benzene rings is 3. The first-order valence-corrected chi connectivity index (χ1v) is 13.4. The third-order valence-corrected chi connectivity index (χ3v) is 7.46. The number of rotatable bonds is 7. The molecule has 3 aromatic carbocycles. The number of nitrogens with one attached hydrogen (secondary N) is 3. The molecule has 0 aliphatic carbocycles. The molecule has 0 bridgehead atoms. The van der Waals surface area contributed by atoms with Crippen molar-refractivity contribution in [2.45, 2.75) is 11.0 Å². The standard InChI is InChI=1S/C25H20N4O6S2/c30-23(27-18-9-11-19(12-10-18)37(32,33)29-25-26-13-14-36-25)16-5-7-17(8-6-16)28-24(31)22-15-34-20-3-1-2-4-21(20)35-22/h1-14,22H,15H2,(H,26,29)(H,27,30)(H,28,31)/t22-/m0/s1. The molecule has 12 heteroatoms. The van der Waals surface area contributed by atoms with Crippen LogP contribution in [0.3, 0.4) is 0 Å². The second kappa shape index (κ2) is 10.3. The zero-order chi connectivity index (χ0) is 25.8. The second-order valence-electron chi connectivity index (χ2n) is 7.85. The Kier molecular flexibility index (Phi) is 6.75. The van der Waals surface area contributed by atoms with E-state index in [2.05, 4.69) is 20.3 Å². The molecule has 1 aliphatic rings. The first-order chi connectivity index (χ1) is 17.9. The topological polar surface area (TPSA) is 136 Å². The highest BCUT2D eigenvalue weighted by atomic mass is 32.2. The van der Waals surface area contributed by atoms with Gasteiger partial charge in [-0.3, -0.25) is 14.3 Å². The normalized spacial score (nSPS) is 14.4. The van der Waals surface area contributed by atoms with Gasteiger partial charge in [0.1, 0.15) is 6.61 Å². The molecule has 4 aromatic rings. The van der Waals surface area contributed by atoms with Gasteiger partial charge in [-0.2, -0.15) is 0 Å². The quantitative estimate of drug-likeness (QED) is 0.325. The number of carbonyl (C=O) groups is 2. The summed E-state index contributed by atoms with van der Waals surface area (Å²) in [6.45, 7) is 0.0877. The Morgan fingerprint density at radius 2 is 1.57 bits per heavy atom. The van der Waals surface area contributed by atoms with Gasteiger partial charge in [0, 0.05) is 28.5 Å². The maximum absolute atomic E-state index is 12.6. The number of para-hydroxylation sites is 2. The predicted molar refractivity (Wildman–Crippen MR) is 139 cm³/mol. The Bertz CT molecular complexity index is 1520. The number of hydrogen-bond donors (Lipinski definition) is 3. The number of aromatic nitrogens is 1. The summed E-state index contributed by atoms with van der Waals surface area (Å²) >= 11 is 1.17. The molecule has 1 atom stereocenters. The van der Waals surface area contributed by atoms with Gasteiger partial charge in [0.15, 0.2) is 16.6 Å². The van der Waals surface area contributed by atoms with E-state index in [4.69, 9.17) is 9.47 Å². The van der Waals surface area contributed by atoms with Crippen molar-refractivity contribution in [3.05, 3.63) is 89.9 Å². The number of nitrogens with zero attached hydrogens (tertiary/aromatic N) is 1. The van der Waals surface area contributed by atoms with Crippen LogP contribution in [0.1, 0.15) is 10.4 Å². The van der Waals surface area contributed by atoms with Gasteiger partial charge in [-0.25, -0.2) is 13.4 Å². The zero-order valence-electron chi connectivity index (χ0n) is 19.1. The summed E-state index contributed by atoms with van der Waals surface area (Å²) in [5.74, 6) is 0.328. The molecule has 0 spiro atoms. The average Bonchev–Trinajstić information content (AvgIpc) is 3.41. The fourth-order valence-electron chi connectivity index (χ4n) is 3.44. The predicted octanol–water partition coefficient (Wildman–Crippen LogP) is 3.97. The Hall–Kier alpha value is -4.42. The highest BCUT2D eigenvalue weighted by molar-refractivity contribution is 7.93. The third-order valence-electron chi connectivity index (χ3n) is 5.29. The molecule has 2 heterocycles. The molecule has 0 saturated heterocycles. The summed E-state index contributed by atoms with van der Waals surface area (Å²) in [4.78, 5) is 29.2. The van der Waals surface area contributed by atoms with E-state index in [1.807, 2.05) is 6.07 Å². The first kappa shape index (κ1) is 24.3. The molecule has 0 saturated carbocycles. The van der Waals surface area contributed by atoms with Crippen LogP contribution >= 0.6 is 11.3 Å². The van der Waals surface area contributed by atoms with Gasteiger partial charge in [0.2, 0.25) is 6.10 Å². The summed E-state index contributed by atoms with van der Waals surface area (Å²) in [5, 5.41) is 7.40. The van der Waals surface area contributed by atoms with Crippen molar-refractivity contribution in [2.24, 2.45) is 0 Å². The van der Waals surface area contributed by atoms with E-state index in [1.54, 1.807) is 47.8 Å². The highest BCUT2D eigenvalue weighted by Crippen LogP contribution is 2.31. The number of fused-ring (bicyclic) bond motifs is 1.